The van der Waals surface area contributed by atoms with E-state index < -0.39 is 11.5 Å². The van der Waals surface area contributed by atoms with Gasteiger partial charge in [-0.2, -0.15) is 0 Å². The van der Waals surface area contributed by atoms with Crippen molar-refractivity contribution >= 4 is 23.2 Å². The third-order valence-corrected chi connectivity index (χ3v) is 4.52. The maximum Gasteiger partial charge on any atom is 0.330 e. The predicted octanol–water partition coefficient (Wildman–Crippen LogP) is 2.22. The standard InChI is InChI=1S/C16H16N2O5S/c1-16(2,15(20)21-3)18-13(19)12-7-17-14(24-12)9-4-5-10-11(6-9)23-8-22-10/h4-7H,8H2,1-3H3,(H,18,19). The molecule has 8 heteroatoms. The Kier molecular flexibility index (Phi) is 4.15. The second kappa shape index (κ2) is 6.12. The van der Waals surface area contributed by atoms with Gasteiger partial charge in [0.25, 0.3) is 5.91 Å². The SMILES string of the molecule is COC(=O)C(C)(C)NC(=O)c1cnc(-c2ccc3c(c2)OCO3)s1. The molecule has 1 N–H and O–H groups in total. The lowest BCUT2D eigenvalue weighted by atomic mass is 10.1. The molecule has 126 valence electrons. The summed E-state index contributed by atoms with van der Waals surface area (Å²) in [6.45, 7) is 3.36. The largest absolute Gasteiger partial charge is 0.467 e. The maximum absolute atomic E-state index is 12.3. The zero-order valence-corrected chi connectivity index (χ0v) is 14.2. The minimum absolute atomic E-state index is 0.201. The van der Waals surface area contributed by atoms with Gasteiger partial charge in [0.15, 0.2) is 11.5 Å². The van der Waals surface area contributed by atoms with Crippen molar-refractivity contribution in [2.75, 3.05) is 13.9 Å². The number of carbonyl (C=O) groups excluding carboxylic acids is 2. The summed E-state index contributed by atoms with van der Waals surface area (Å²) in [4.78, 5) is 28.7. The van der Waals surface area contributed by atoms with E-state index in [0.29, 0.717) is 21.4 Å². The summed E-state index contributed by atoms with van der Waals surface area (Å²) in [5.74, 6) is 0.444. The van der Waals surface area contributed by atoms with Crippen LogP contribution in [0.3, 0.4) is 0 Å². The van der Waals surface area contributed by atoms with Crippen LogP contribution in [0.4, 0.5) is 0 Å². The molecular formula is C16H16N2O5S. The van der Waals surface area contributed by atoms with Gasteiger partial charge < -0.3 is 19.5 Å². The highest BCUT2D eigenvalue weighted by Gasteiger charge is 2.31. The maximum atomic E-state index is 12.3. The molecule has 0 spiro atoms. The van der Waals surface area contributed by atoms with Crippen molar-refractivity contribution in [1.82, 2.24) is 10.3 Å². The summed E-state index contributed by atoms with van der Waals surface area (Å²) in [5.41, 5.74) is -0.287. The van der Waals surface area contributed by atoms with Gasteiger partial charge in [0.05, 0.1) is 13.3 Å². The molecule has 1 aromatic carbocycles. The fourth-order valence-corrected chi connectivity index (χ4v) is 3.00. The molecule has 0 aliphatic carbocycles. The molecule has 0 saturated heterocycles. The zero-order valence-electron chi connectivity index (χ0n) is 13.4. The van der Waals surface area contributed by atoms with E-state index in [1.165, 1.54) is 24.6 Å². The van der Waals surface area contributed by atoms with Gasteiger partial charge >= 0.3 is 5.97 Å². The first-order valence-corrected chi connectivity index (χ1v) is 7.99. The molecule has 0 bridgehead atoms. The average molecular weight is 348 g/mol. The second-order valence-corrected chi connectivity index (χ2v) is 6.70. The van der Waals surface area contributed by atoms with Gasteiger partial charge in [-0.3, -0.25) is 4.79 Å². The number of benzene rings is 1. The summed E-state index contributed by atoms with van der Waals surface area (Å²) in [5, 5.41) is 3.32. The average Bonchev–Trinajstić information content (AvgIpc) is 3.21. The van der Waals surface area contributed by atoms with Crippen molar-refractivity contribution < 1.29 is 23.8 Å². The molecular weight excluding hydrogens is 332 g/mol. The normalized spacial score (nSPS) is 12.8. The van der Waals surface area contributed by atoms with Gasteiger partial charge in [-0.05, 0) is 32.0 Å². The van der Waals surface area contributed by atoms with E-state index in [0.717, 1.165) is 5.56 Å². The number of amides is 1. The summed E-state index contributed by atoms with van der Waals surface area (Å²) in [7, 11) is 1.28. The van der Waals surface area contributed by atoms with E-state index in [1.807, 2.05) is 12.1 Å². The van der Waals surface area contributed by atoms with Gasteiger partial charge in [-0.15, -0.1) is 11.3 Å². The smallest absolute Gasteiger partial charge is 0.330 e. The van der Waals surface area contributed by atoms with Gasteiger partial charge in [-0.1, -0.05) is 0 Å². The molecule has 3 rings (SSSR count). The van der Waals surface area contributed by atoms with Crippen LogP contribution in [0.2, 0.25) is 0 Å². The topological polar surface area (TPSA) is 86.8 Å². The van der Waals surface area contributed by atoms with E-state index in [-0.39, 0.29) is 12.7 Å². The number of hydrogen-bond acceptors (Lipinski definition) is 7. The molecule has 1 amide bonds. The van der Waals surface area contributed by atoms with Crippen molar-refractivity contribution in [3.05, 3.63) is 29.3 Å². The van der Waals surface area contributed by atoms with Crippen molar-refractivity contribution in [2.45, 2.75) is 19.4 Å². The second-order valence-electron chi connectivity index (χ2n) is 5.67. The summed E-state index contributed by atoms with van der Waals surface area (Å²) in [6, 6.07) is 5.48. The molecule has 0 unspecified atom stereocenters. The van der Waals surface area contributed by atoms with E-state index in [4.69, 9.17) is 9.47 Å². The predicted molar refractivity (Wildman–Crippen MR) is 87.2 cm³/mol. The third-order valence-electron chi connectivity index (χ3n) is 3.47. The van der Waals surface area contributed by atoms with Crippen molar-refractivity contribution in [1.29, 1.82) is 0 Å². The molecule has 0 atom stereocenters. The van der Waals surface area contributed by atoms with Crippen molar-refractivity contribution in [2.24, 2.45) is 0 Å². The Morgan fingerprint density at radius 1 is 1.29 bits per heavy atom. The van der Waals surface area contributed by atoms with E-state index >= 15 is 0 Å². The lowest BCUT2D eigenvalue weighted by molar-refractivity contribution is -0.146. The van der Waals surface area contributed by atoms with Crippen LogP contribution in [0.15, 0.2) is 24.4 Å². The van der Waals surface area contributed by atoms with Crippen LogP contribution in [0.1, 0.15) is 23.5 Å². The monoisotopic (exact) mass is 348 g/mol. The molecule has 0 radical (unpaired) electrons. The molecule has 1 aliphatic rings. The molecule has 0 saturated carbocycles. The van der Waals surface area contributed by atoms with Gasteiger partial charge in [-0.25, -0.2) is 9.78 Å². The Bertz CT molecular complexity index is 800. The highest BCUT2D eigenvalue weighted by molar-refractivity contribution is 7.16. The Morgan fingerprint density at radius 2 is 2.04 bits per heavy atom. The molecule has 7 nitrogen and oxygen atoms in total. The van der Waals surface area contributed by atoms with Crippen LogP contribution < -0.4 is 14.8 Å². The number of nitrogens with one attached hydrogen (secondary N) is 1. The summed E-state index contributed by atoms with van der Waals surface area (Å²) in [6.07, 6.45) is 1.48. The molecule has 2 aromatic rings. The van der Waals surface area contributed by atoms with Crippen molar-refractivity contribution in [3.8, 4) is 22.1 Å². The van der Waals surface area contributed by atoms with E-state index in [9.17, 15) is 9.59 Å². The number of ether oxygens (including phenoxy) is 3. The fourth-order valence-electron chi connectivity index (χ4n) is 2.19. The third kappa shape index (κ3) is 3.05. The van der Waals surface area contributed by atoms with Crippen LogP contribution in [-0.4, -0.2) is 36.3 Å². The number of hydrogen-bond donors (Lipinski definition) is 1. The zero-order chi connectivity index (χ0) is 17.3. The minimum Gasteiger partial charge on any atom is -0.467 e. The minimum atomic E-state index is -1.12. The summed E-state index contributed by atoms with van der Waals surface area (Å²) >= 11 is 1.23. The Hall–Kier alpha value is -2.61. The highest BCUT2D eigenvalue weighted by Crippen LogP contribution is 2.37. The number of methoxy groups -OCH3 is 1. The van der Waals surface area contributed by atoms with Crippen LogP contribution >= 0.6 is 11.3 Å². The molecule has 1 aliphatic heterocycles. The van der Waals surface area contributed by atoms with Gasteiger partial charge in [0, 0.05) is 5.56 Å². The Balaban J connectivity index is 1.78. The lowest BCUT2D eigenvalue weighted by Crippen LogP contribution is -2.50. The lowest BCUT2D eigenvalue weighted by Gasteiger charge is -2.22. The number of carbonyl (C=O) groups is 2. The van der Waals surface area contributed by atoms with Crippen molar-refractivity contribution in [3.63, 3.8) is 0 Å². The first-order valence-electron chi connectivity index (χ1n) is 7.17. The Labute approximate surface area is 142 Å². The summed E-state index contributed by atoms with van der Waals surface area (Å²) < 4.78 is 15.3. The quantitative estimate of drug-likeness (QED) is 0.853. The number of thiazole rings is 1. The highest BCUT2D eigenvalue weighted by atomic mass is 32.1. The van der Waals surface area contributed by atoms with Crippen LogP contribution in [0, 0.1) is 0 Å². The Morgan fingerprint density at radius 3 is 2.79 bits per heavy atom. The fraction of sp³-hybridized carbons (Fsp3) is 0.312. The first-order chi connectivity index (χ1) is 11.4. The number of esters is 1. The van der Waals surface area contributed by atoms with Crippen LogP contribution in [0.25, 0.3) is 10.6 Å². The number of aromatic nitrogens is 1. The van der Waals surface area contributed by atoms with Crippen LogP contribution in [-0.2, 0) is 9.53 Å². The molecule has 0 fully saturated rings. The van der Waals surface area contributed by atoms with Gasteiger partial charge in [0.1, 0.15) is 15.4 Å². The van der Waals surface area contributed by atoms with E-state index in [1.54, 1.807) is 19.9 Å². The molecule has 24 heavy (non-hydrogen) atoms. The number of nitrogens with zero attached hydrogens (tertiary/aromatic N) is 1. The number of fused-ring (bicyclic) bond motifs is 1. The van der Waals surface area contributed by atoms with Gasteiger partial charge in [0.2, 0.25) is 6.79 Å². The number of rotatable bonds is 4. The van der Waals surface area contributed by atoms with E-state index in [2.05, 4.69) is 15.0 Å². The molecule has 2 heterocycles. The molecule has 1 aromatic heterocycles. The van der Waals surface area contributed by atoms with Crippen LogP contribution in [0.5, 0.6) is 11.5 Å². The first kappa shape index (κ1) is 16.3.